The second-order valence-electron chi connectivity index (χ2n) is 15.2. The van der Waals surface area contributed by atoms with E-state index in [1.54, 1.807) is 0 Å². The second-order valence-corrected chi connectivity index (χ2v) is 15.2. The van der Waals surface area contributed by atoms with Crippen LogP contribution in [0.25, 0.3) is 0 Å². The lowest BCUT2D eigenvalue weighted by molar-refractivity contribution is -0.943. The second kappa shape index (κ2) is 35.6. The highest BCUT2D eigenvalue weighted by molar-refractivity contribution is 5.74. The van der Waals surface area contributed by atoms with Gasteiger partial charge in [-0.05, 0) is 12.8 Å². The lowest BCUT2D eigenvalue weighted by Crippen LogP contribution is -3.00. The number of nitrogens with one attached hydrogen (secondary N) is 2. The summed E-state index contributed by atoms with van der Waals surface area (Å²) in [5.74, 6) is 0.311. The van der Waals surface area contributed by atoms with E-state index in [1.807, 2.05) is 0 Å². The van der Waals surface area contributed by atoms with Gasteiger partial charge in [0.05, 0.1) is 34.6 Å². The van der Waals surface area contributed by atoms with E-state index in [1.165, 1.54) is 141 Å². The normalized spacial score (nSPS) is 11.5. The highest BCUT2D eigenvalue weighted by Gasteiger charge is 2.23. The smallest absolute Gasteiger partial charge is 0.264 e. The molecule has 0 radical (unpaired) electrons. The molecular weight excluding hydrogens is 716 g/mol. The number of unbranched alkanes of at least 4 members (excludes halogenated alkanes) is 24. The lowest BCUT2D eigenvalue weighted by atomic mass is 10.0. The average Bonchev–Trinajstić information content (AvgIpc) is 2.97. The maximum Gasteiger partial charge on any atom is 0.264 e. The largest absolute Gasteiger partial charge is 1.00 e. The molecule has 2 amide bonds. The minimum atomic E-state index is 0. The third-order valence-corrected chi connectivity index (χ3v) is 9.30. The molecule has 0 rings (SSSR count). The molecule has 0 aliphatic rings. The van der Waals surface area contributed by atoms with Crippen LogP contribution < -0.4 is 44.8 Å². The third-order valence-electron chi connectivity index (χ3n) is 9.30. The molecule has 0 fully saturated rings. The number of amides is 2. The van der Waals surface area contributed by atoms with E-state index < -0.39 is 0 Å². The molecule has 8 heteroatoms. The molecular formula is C39H82Br2N4O2. The Morgan fingerprint density at radius 3 is 0.809 bits per heavy atom. The van der Waals surface area contributed by atoms with Crippen LogP contribution in [0.5, 0.6) is 0 Å². The van der Waals surface area contributed by atoms with Crippen LogP contribution in [0.4, 0.5) is 0 Å². The van der Waals surface area contributed by atoms with Gasteiger partial charge in [-0.2, -0.15) is 0 Å². The molecule has 0 aromatic carbocycles. The standard InChI is InChI=1S/C39H80N4O2.2BrH/c1-7-9-11-13-15-17-19-21-23-25-27-29-31-34-38(44)40-42(3,4)36-33-37-43(5,6)41-39(45)35-32-30-28-26-24-22-20-18-16-14-12-10-8-2;;/h7-37H2,1-6H3;2*1H. The number of quaternary nitrogens is 2. The van der Waals surface area contributed by atoms with Crippen molar-refractivity contribution in [2.24, 2.45) is 0 Å². The zero-order chi connectivity index (χ0) is 33.5. The van der Waals surface area contributed by atoms with Crippen molar-refractivity contribution in [3.8, 4) is 0 Å². The molecule has 0 aromatic heterocycles. The van der Waals surface area contributed by atoms with Gasteiger partial charge in [0.2, 0.25) is 0 Å². The predicted molar refractivity (Wildman–Crippen MR) is 195 cm³/mol. The summed E-state index contributed by atoms with van der Waals surface area (Å²) in [6.45, 7) is 6.25. The summed E-state index contributed by atoms with van der Waals surface area (Å²) in [5, 5.41) is 0. The molecule has 0 aliphatic carbocycles. The monoisotopic (exact) mass is 796 g/mol. The van der Waals surface area contributed by atoms with Gasteiger partial charge in [-0.25, -0.2) is 20.0 Å². The predicted octanol–water partition coefficient (Wildman–Crippen LogP) is 4.56. The van der Waals surface area contributed by atoms with Crippen molar-refractivity contribution < 1.29 is 52.7 Å². The van der Waals surface area contributed by atoms with Crippen LogP contribution in [-0.2, 0) is 9.59 Å². The Bertz CT molecular complexity index is 636. The van der Waals surface area contributed by atoms with E-state index >= 15 is 0 Å². The van der Waals surface area contributed by atoms with Gasteiger partial charge >= 0.3 is 0 Å². The van der Waals surface area contributed by atoms with Crippen molar-refractivity contribution in [3.05, 3.63) is 0 Å². The number of hydrogen-bond acceptors (Lipinski definition) is 2. The van der Waals surface area contributed by atoms with Crippen LogP contribution in [0.15, 0.2) is 0 Å². The quantitative estimate of drug-likeness (QED) is 0.0571. The molecule has 0 bridgehead atoms. The minimum Gasteiger partial charge on any atom is -1.00 e. The van der Waals surface area contributed by atoms with E-state index in [2.05, 4.69) is 52.9 Å². The Balaban J connectivity index is -0.00000968. The van der Waals surface area contributed by atoms with Gasteiger partial charge in [-0.3, -0.25) is 9.59 Å². The summed E-state index contributed by atoms with van der Waals surface area (Å²) in [5.41, 5.74) is 6.40. The molecule has 0 aromatic rings. The molecule has 0 saturated heterocycles. The van der Waals surface area contributed by atoms with Crippen molar-refractivity contribution in [2.45, 2.75) is 200 Å². The van der Waals surface area contributed by atoms with Gasteiger partial charge in [-0.1, -0.05) is 168 Å². The first-order valence-electron chi connectivity index (χ1n) is 19.9. The Morgan fingerprint density at radius 2 is 0.574 bits per heavy atom. The SMILES string of the molecule is CCCCCCCCCCCCCCCC(=O)N[N+](C)(C)CCC[N+](C)(C)NC(=O)CCCCCCCCCCCCCCC.[Br-].[Br-]. The van der Waals surface area contributed by atoms with E-state index in [-0.39, 0.29) is 45.8 Å². The molecule has 0 heterocycles. The first-order chi connectivity index (χ1) is 21.6. The number of nitrogens with zero attached hydrogens (tertiary/aromatic N) is 2. The Morgan fingerprint density at radius 1 is 0.362 bits per heavy atom. The van der Waals surface area contributed by atoms with Crippen LogP contribution in [0, 0.1) is 0 Å². The maximum absolute atomic E-state index is 12.5. The van der Waals surface area contributed by atoms with E-state index in [0.717, 1.165) is 45.2 Å². The van der Waals surface area contributed by atoms with Crippen LogP contribution >= 0.6 is 0 Å². The van der Waals surface area contributed by atoms with Gasteiger partial charge in [0.25, 0.3) is 11.8 Å². The van der Waals surface area contributed by atoms with Crippen LogP contribution in [0.1, 0.15) is 200 Å². The molecule has 284 valence electrons. The van der Waals surface area contributed by atoms with Crippen LogP contribution in [-0.4, -0.2) is 62.3 Å². The summed E-state index contributed by atoms with van der Waals surface area (Å²) in [7, 11) is 8.26. The summed E-state index contributed by atoms with van der Waals surface area (Å²) in [4.78, 5) is 25.1. The number of hydrogen-bond donors (Lipinski definition) is 2. The fraction of sp³-hybridized carbons (Fsp3) is 0.949. The zero-order valence-corrected chi connectivity index (χ0v) is 35.6. The van der Waals surface area contributed by atoms with E-state index in [9.17, 15) is 9.59 Å². The average molecular weight is 799 g/mol. The number of halogens is 2. The molecule has 47 heavy (non-hydrogen) atoms. The Kier molecular flexibility index (Phi) is 38.8. The summed E-state index contributed by atoms with van der Waals surface area (Å²) in [6.07, 6.45) is 36.5. The van der Waals surface area contributed by atoms with Gasteiger partial charge < -0.3 is 34.0 Å². The highest BCUT2D eigenvalue weighted by atomic mass is 79.9. The summed E-state index contributed by atoms with van der Waals surface area (Å²) >= 11 is 0. The summed E-state index contributed by atoms with van der Waals surface area (Å²) < 4.78 is 0.981. The van der Waals surface area contributed by atoms with Gasteiger partial charge in [0.15, 0.2) is 0 Å². The minimum absolute atomic E-state index is 0. The molecule has 6 nitrogen and oxygen atoms in total. The van der Waals surface area contributed by atoms with Crippen LogP contribution in [0.3, 0.4) is 0 Å². The molecule has 0 spiro atoms. The fourth-order valence-electron chi connectivity index (χ4n) is 6.37. The summed E-state index contributed by atoms with van der Waals surface area (Å²) in [6, 6.07) is 0. The Labute approximate surface area is 315 Å². The zero-order valence-electron chi connectivity index (χ0n) is 32.4. The van der Waals surface area contributed by atoms with Crippen molar-refractivity contribution in [1.82, 2.24) is 10.9 Å². The highest BCUT2D eigenvalue weighted by Crippen LogP contribution is 2.14. The first-order valence-corrected chi connectivity index (χ1v) is 19.9. The maximum atomic E-state index is 12.5. The van der Waals surface area contributed by atoms with Crippen molar-refractivity contribution in [3.63, 3.8) is 0 Å². The van der Waals surface area contributed by atoms with Crippen molar-refractivity contribution in [2.75, 3.05) is 41.3 Å². The molecule has 0 atom stereocenters. The van der Waals surface area contributed by atoms with Gasteiger partial charge in [0.1, 0.15) is 13.1 Å². The molecule has 2 N–H and O–H groups in total. The molecule has 0 saturated carbocycles. The van der Waals surface area contributed by atoms with E-state index in [4.69, 9.17) is 0 Å². The van der Waals surface area contributed by atoms with Gasteiger partial charge in [0, 0.05) is 12.8 Å². The topological polar surface area (TPSA) is 58.2 Å². The molecule has 0 aliphatic heterocycles. The lowest BCUT2D eigenvalue weighted by Gasteiger charge is -2.32. The fourth-order valence-corrected chi connectivity index (χ4v) is 6.37. The third kappa shape index (κ3) is 38.5. The number of carbonyl (C=O) groups is 2. The first kappa shape index (κ1) is 51.2. The molecule has 0 unspecified atom stereocenters. The van der Waals surface area contributed by atoms with Crippen LogP contribution in [0.2, 0.25) is 0 Å². The van der Waals surface area contributed by atoms with E-state index in [0.29, 0.717) is 22.0 Å². The van der Waals surface area contributed by atoms with Crippen molar-refractivity contribution in [1.29, 1.82) is 0 Å². The van der Waals surface area contributed by atoms with Gasteiger partial charge in [-0.15, -0.1) is 0 Å². The Hall–Kier alpha value is -0.180. The van der Waals surface area contributed by atoms with Crippen molar-refractivity contribution >= 4 is 11.8 Å². The number of carbonyl (C=O) groups excluding carboxylic acids is 2. The number of rotatable bonds is 34.